The summed E-state index contributed by atoms with van der Waals surface area (Å²) >= 11 is 0. The van der Waals surface area contributed by atoms with Crippen LogP contribution < -0.4 is 5.32 Å². The van der Waals surface area contributed by atoms with Crippen molar-refractivity contribution in [3.8, 4) is 0 Å². The lowest BCUT2D eigenvalue weighted by Gasteiger charge is -2.05. The highest BCUT2D eigenvalue weighted by molar-refractivity contribution is 5.44. The Labute approximate surface area is 108 Å². The Morgan fingerprint density at radius 3 is 2.95 bits per heavy atom. The van der Waals surface area contributed by atoms with E-state index in [0.717, 1.165) is 18.2 Å². The van der Waals surface area contributed by atoms with Gasteiger partial charge in [0.25, 0.3) is 0 Å². The summed E-state index contributed by atoms with van der Waals surface area (Å²) in [6.45, 7) is 0.902. The van der Waals surface area contributed by atoms with Crippen molar-refractivity contribution in [3.63, 3.8) is 0 Å². The van der Waals surface area contributed by atoms with Crippen molar-refractivity contribution in [1.82, 2.24) is 15.0 Å². The third-order valence-electron chi connectivity index (χ3n) is 2.52. The number of aryl methyl sites for hydroxylation is 1. The van der Waals surface area contributed by atoms with Gasteiger partial charge in [0.2, 0.25) is 0 Å². The highest BCUT2D eigenvalue weighted by atomic mass is 19.1. The van der Waals surface area contributed by atoms with Crippen LogP contribution in [0.4, 0.5) is 14.5 Å². The number of anilines is 1. The molecule has 0 saturated heterocycles. The number of aliphatic hydroxyl groups is 1. The number of nitrogens with one attached hydrogen (secondary N) is 1. The van der Waals surface area contributed by atoms with Crippen molar-refractivity contribution < 1.29 is 13.9 Å². The molecule has 7 heteroatoms. The fourth-order valence-electron chi connectivity index (χ4n) is 1.58. The van der Waals surface area contributed by atoms with Gasteiger partial charge in [-0.1, -0.05) is 5.21 Å². The molecule has 0 bridgehead atoms. The molecule has 0 aliphatic carbocycles. The number of aromatic nitrogens is 3. The maximum Gasteiger partial charge on any atom is 0.146 e. The molecule has 0 amide bonds. The van der Waals surface area contributed by atoms with Crippen LogP contribution in [0.25, 0.3) is 0 Å². The molecule has 2 rings (SSSR count). The van der Waals surface area contributed by atoms with Gasteiger partial charge in [-0.3, -0.25) is 4.68 Å². The van der Waals surface area contributed by atoms with Gasteiger partial charge in [0.15, 0.2) is 0 Å². The number of benzene rings is 1. The Morgan fingerprint density at radius 2 is 2.16 bits per heavy atom. The maximum atomic E-state index is 13.3. The molecule has 19 heavy (non-hydrogen) atoms. The number of hydrogen-bond acceptors (Lipinski definition) is 4. The number of nitrogens with zero attached hydrogens (tertiary/aromatic N) is 3. The second kappa shape index (κ2) is 6.24. The van der Waals surface area contributed by atoms with Crippen molar-refractivity contribution >= 4 is 5.69 Å². The van der Waals surface area contributed by atoms with E-state index in [0.29, 0.717) is 18.7 Å². The summed E-state index contributed by atoms with van der Waals surface area (Å²) in [5, 5.41) is 19.2. The average molecular weight is 268 g/mol. The quantitative estimate of drug-likeness (QED) is 0.834. The van der Waals surface area contributed by atoms with Crippen LogP contribution in [0.2, 0.25) is 0 Å². The van der Waals surface area contributed by atoms with Crippen molar-refractivity contribution in [2.75, 3.05) is 11.9 Å². The van der Waals surface area contributed by atoms with E-state index in [1.165, 1.54) is 0 Å². The van der Waals surface area contributed by atoms with Crippen molar-refractivity contribution in [3.05, 3.63) is 41.7 Å². The molecule has 0 atom stereocenters. The molecule has 2 N–H and O–H groups in total. The van der Waals surface area contributed by atoms with Gasteiger partial charge >= 0.3 is 0 Å². The molecule has 0 saturated carbocycles. The average Bonchev–Trinajstić information content (AvgIpc) is 2.85. The van der Waals surface area contributed by atoms with E-state index in [1.807, 2.05) is 0 Å². The SMILES string of the molecule is OCCCn1cc(CNc2cc(F)ccc2F)nn1. The van der Waals surface area contributed by atoms with Gasteiger partial charge in [-0.15, -0.1) is 5.10 Å². The second-order valence-electron chi connectivity index (χ2n) is 4.03. The fourth-order valence-corrected chi connectivity index (χ4v) is 1.58. The summed E-state index contributed by atoms with van der Waals surface area (Å²) < 4.78 is 27.9. The van der Waals surface area contributed by atoms with E-state index in [9.17, 15) is 8.78 Å². The smallest absolute Gasteiger partial charge is 0.146 e. The van der Waals surface area contributed by atoms with E-state index in [-0.39, 0.29) is 18.8 Å². The first-order valence-electron chi connectivity index (χ1n) is 5.88. The zero-order chi connectivity index (χ0) is 13.7. The Bertz CT molecular complexity index is 544. The van der Waals surface area contributed by atoms with E-state index < -0.39 is 11.6 Å². The highest BCUT2D eigenvalue weighted by Crippen LogP contribution is 2.15. The largest absolute Gasteiger partial charge is 0.396 e. The number of halogens is 2. The summed E-state index contributed by atoms with van der Waals surface area (Å²) in [7, 11) is 0. The molecule has 0 unspecified atom stereocenters. The minimum Gasteiger partial charge on any atom is -0.396 e. The summed E-state index contributed by atoms with van der Waals surface area (Å²) in [5.41, 5.74) is 0.700. The van der Waals surface area contributed by atoms with Crippen LogP contribution in [0.15, 0.2) is 24.4 Å². The molecule has 0 aliphatic heterocycles. The van der Waals surface area contributed by atoms with E-state index in [4.69, 9.17) is 5.11 Å². The first-order chi connectivity index (χ1) is 9.19. The maximum absolute atomic E-state index is 13.3. The molecular weight excluding hydrogens is 254 g/mol. The van der Waals surface area contributed by atoms with Crippen LogP contribution in [0.3, 0.4) is 0 Å². The summed E-state index contributed by atoms with van der Waals surface area (Å²) in [5.74, 6) is -1.02. The minimum atomic E-state index is -0.519. The Hall–Kier alpha value is -2.02. The van der Waals surface area contributed by atoms with Crippen LogP contribution >= 0.6 is 0 Å². The number of hydrogen-bond donors (Lipinski definition) is 2. The standard InChI is InChI=1S/C12H14F2N4O/c13-9-2-3-11(14)12(6-9)15-7-10-8-18(17-16-10)4-1-5-19/h2-3,6,8,15,19H,1,4-5,7H2. The zero-order valence-corrected chi connectivity index (χ0v) is 10.2. The van der Waals surface area contributed by atoms with Crippen molar-refractivity contribution in [1.29, 1.82) is 0 Å². The molecule has 1 heterocycles. The topological polar surface area (TPSA) is 63.0 Å². The molecule has 102 valence electrons. The monoisotopic (exact) mass is 268 g/mol. The summed E-state index contributed by atoms with van der Waals surface area (Å²) in [6.07, 6.45) is 2.29. The molecule has 1 aromatic heterocycles. The molecule has 2 aromatic rings. The lowest BCUT2D eigenvalue weighted by Crippen LogP contribution is -2.02. The van der Waals surface area contributed by atoms with Gasteiger partial charge in [0, 0.05) is 13.2 Å². The van der Waals surface area contributed by atoms with Crippen LogP contribution in [0, 0.1) is 11.6 Å². The Kier molecular flexibility index (Phi) is 4.40. The molecule has 0 radical (unpaired) electrons. The van der Waals surface area contributed by atoms with Crippen LogP contribution in [0.5, 0.6) is 0 Å². The van der Waals surface area contributed by atoms with Crippen LogP contribution in [-0.4, -0.2) is 26.7 Å². The third kappa shape index (κ3) is 3.72. The lowest BCUT2D eigenvalue weighted by atomic mass is 10.3. The summed E-state index contributed by atoms with van der Waals surface area (Å²) in [6, 6.07) is 3.22. The highest BCUT2D eigenvalue weighted by Gasteiger charge is 2.05. The Balaban J connectivity index is 1.94. The molecule has 0 aliphatic rings. The van der Waals surface area contributed by atoms with Gasteiger partial charge in [0.1, 0.15) is 17.3 Å². The molecule has 1 aromatic carbocycles. The Morgan fingerprint density at radius 1 is 1.32 bits per heavy atom. The van der Waals surface area contributed by atoms with E-state index >= 15 is 0 Å². The third-order valence-corrected chi connectivity index (χ3v) is 2.52. The van der Waals surface area contributed by atoms with E-state index in [1.54, 1.807) is 10.9 Å². The van der Waals surface area contributed by atoms with Crippen molar-refractivity contribution in [2.45, 2.75) is 19.5 Å². The molecule has 0 spiro atoms. The fraction of sp³-hybridized carbons (Fsp3) is 0.333. The first-order valence-corrected chi connectivity index (χ1v) is 5.88. The van der Waals surface area contributed by atoms with Crippen LogP contribution in [-0.2, 0) is 13.1 Å². The molecular formula is C12H14F2N4O. The van der Waals surface area contributed by atoms with Gasteiger partial charge < -0.3 is 10.4 Å². The van der Waals surface area contributed by atoms with Gasteiger partial charge in [-0.2, -0.15) is 0 Å². The normalized spacial score (nSPS) is 10.7. The van der Waals surface area contributed by atoms with Crippen molar-refractivity contribution in [2.24, 2.45) is 0 Å². The zero-order valence-electron chi connectivity index (χ0n) is 10.2. The van der Waals surface area contributed by atoms with Gasteiger partial charge in [-0.25, -0.2) is 8.78 Å². The lowest BCUT2D eigenvalue weighted by molar-refractivity contribution is 0.276. The number of aliphatic hydroxyl groups excluding tert-OH is 1. The predicted molar refractivity (Wildman–Crippen MR) is 65.4 cm³/mol. The predicted octanol–water partition coefficient (Wildman–Crippen LogP) is 1.55. The number of rotatable bonds is 6. The molecule has 5 nitrogen and oxygen atoms in total. The second-order valence-corrected chi connectivity index (χ2v) is 4.03. The molecule has 0 fully saturated rings. The first kappa shape index (κ1) is 13.4. The van der Waals surface area contributed by atoms with Gasteiger partial charge in [0.05, 0.1) is 18.4 Å². The minimum absolute atomic E-state index is 0.0853. The van der Waals surface area contributed by atoms with Gasteiger partial charge in [-0.05, 0) is 24.6 Å². The van der Waals surface area contributed by atoms with Crippen LogP contribution in [0.1, 0.15) is 12.1 Å². The van der Waals surface area contributed by atoms with E-state index in [2.05, 4.69) is 15.6 Å². The summed E-state index contributed by atoms with van der Waals surface area (Å²) in [4.78, 5) is 0.